The first-order chi connectivity index (χ1) is 8.47. The van der Waals surface area contributed by atoms with Gasteiger partial charge in [0.2, 0.25) is 0 Å². The summed E-state index contributed by atoms with van der Waals surface area (Å²) in [5.41, 5.74) is 0.268. The van der Waals surface area contributed by atoms with Crippen molar-refractivity contribution in [2.75, 3.05) is 0 Å². The van der Waals surface area contributed by atoms with Crippen LogP contribution in [0, 0.1) is 11.6 Å². The maximum absolute atomic E-state index is 13.4. The van der Waals surface area contributed by atoms with Crippen molar-refractivity contribution >= 4 is 38.9 Å². The Labute approximate surface area is 120 Å². The summed E-state index contributed by atoms with van der Waals surface area (Å²) in [6, 6.07) is 5.00. The van der Waals surface area contributed by atoms with Crippen LogP contribution >= 0.6 is 38.9 Å². The molecule has 1 unspecified atom stereocenters. The minimum atomic E-state index is -0.862. The molecule has 1 heterocycles. The summed E-state index contributed by atoms with van der Waals surface area (Å²) >= 11 is 10.3. The molecule has 0 saturated carbocycles. The third-order valence-electron chi connectivity index (χ3n) is 2.42. The molecule has 0 fully saturated rings. The summed E-state index contributed by atoms with van der Waals surface area (Å²) in [6.07, 6.45) is -0.783. The normalized spacial score (nSPS) is 12.7. The third kappa shape index (κ3) is 3.09. The molecule has 0 aliphatic heterocycles. The molecule has 0 radical (unpaired) electrons. The van der Waals surface area contributed by atoms with E-state index in [0.717, 1.165) is 6.07 Å². The largest absolute Gasteiger partial charge is 0.387 e. The topological polar surface area (TPSA) is 20.2 Å². The van der Waals surface area contributed by atoms with Crippen LogP contribution in [0.1, 0.15) is 16.5 Å². The molecule has 2 rings (SSSR count). The van der Waals surface area contributed by atoms with Gasteiger partial charge in [0, 0.05) is 21.8 Å². The van der Waals surface area contributed by atoms with E-state index >= 15 is 0 Å². The zero-order valence-corrected chi connectivity index (χ0v) is 12.1. The van der Waals surface area contributed by atoms with Crippen LogP contribution in [0.4, 0.5) is 8.78 Å². The Morgan fingerprint density at radius 1 is 1.33 bits per heavy atom. The van der Waals surface area contributed by atoms with Gasteiger partial charge in [-0.1, -0.05) is 17.7 Å². The van der Waals surface area contributed by atoms with Crippen molar-refractivity contribution in [2.24, 2.45) is 0 Å². The highest BCUT2D eigenvalue weighted by Gasteiger charge is 2.16. The number of hydrogen-bond acceptors (Lipinski definition) is 2. The molecule has 1 N–H and O–H groups in total. The Bertz CT molecular complexity index is 554. The number of aliphatic hydroxyl groups excluding tert-OH is 1. The minimum absolute atomic E-state index is 0.0788. The van der Waals surface area contributed by atoms with E-state index in [9.17, 15) is 13.9 Å². The highest BCUT2D eigenvalue weighted by molar-refractivity contribution is 9.10. The molecule has 0 saturated heterocycles. The molecular weight excluding hydrogens is 346 g/mol. The second kappa shape index (κ2) is 5.65. The molecule has 0 aliphatic carbocycles. The molecule has 1 atom stereocenters. The Hall–Kier alpha value is -0.490. The van der Waals surface area contributed by atoms with Crippen molar-refractivity contribution in [3.05, 3.63) is 55.1 Å². The lowest BCUT2D eigenvalue weighted by atomic mass is 10.1. The summed E-state index contributed by atoms with van der Waals surface area (Å²) in [4.78, 5) is 0.635. The van der Waals surface area contributed by atoms with Gasteiger partial charge < -0.3 is 5.11 Å². The predicted octanol–water partition coefficient (Wildman–Crippen LogP) is 4.72. The van der Waals surface area contributed by atoms with E-state index in [1.165, 1.54) is 23.5 Å². The lowest BCUT2D eigenvalue weighted by Crippen LogP contribution is -2.02. The molecule has 96 valence electrons. The average molecular weight is 354 g/mol. The molecule has 6 heteroatoms. The lowest BCUT2D eigenvalue weighted by Gasteiger charge is -2.09. The SMILES string of the molecule is OC(Cc1ccc(F)cc1F)c1cc(Br)c(Cl)s1. The van der Waals surface area contributed by atoms with Crippen LogP contribution < -0.4 is 0 Å². The molecule has 1 nitrogen and oxygen atoms in total. The van der Waals surface area contributed by atoms with E-state index in [2.05, 4.69) is 15.9 Å². The maximum Gasteiger partial charge on any atom is 0.129 e. The van der Waals surface area contributed by atoms with Crippen LogP contribution in [0.15, 0.2) is 28.7 Å². The molecule has 1 aromatic carbocycles. The van der Waals surface area contributed by atoms with E-state index < -0.39 is 17.7 Å². The van der Waals surface area contributed by atoms with Crippen LogP contribution in [0.3, 0.4) is 0 Å². The Morgan fingerprint density at radius 3 is 2.61 bits per heavy atom. The fourth-order valence-corrected chi connectivity index (χ4v) is 3.25. The molecule has 18 heavy (non-hydrogen) atoms. The van der Waals surface area contributed by atoms with E-state index in [1.807, 2.05) is 0 Å². The fourth-order valence-electron chi connectivity index (χ4n) is 1.52. The molecule has 0 amide bonds. The number of benzene rings is 1. The summed E-state index contributed by atoms with van der Waals surface area (Å²) in [5, 5.41) is 9.98. The van der Waals surface area contributed by atoms with Crippen molar-refractivity contribution in [2.45, 2.75) is 12.5 Å². The van der Waals surface area contributed by atoms with Crippen molar-refractivity contribution in [3.63, 3.8) is 0 Å². The van der Waals surface area contributed by atoms with E-state index in [0.29, 0.717) is 13.7 Å². The average Bonchev–Trinajstić information content (AvgIpc) is 2.63. The first kappa shape index (κ1) is 13.9. The number of thiophene rings is 1. The van der Waals surface area contributed by atoms with Crippen LogP contribution in [-0.2, 0) is 6.42 Å². The molecule has 1 aromatic heterocycles. The van der Waals surface area contributed by atoms with Gasteiger partial charge in [-0.2, -0.15) is 0 Å². The third-order valence-corrected chi connectivity index (χ3v) is 5.00. The van der Waals surface area contributed by atoms with E-state index in [1.54, 1.807) is 6.07 Å². The lowest BCUT2D eigenvalue weighted by molar-refractivity contribution is 0.181. The van der Waals surface area contributed by atoms with Crippen molar-refractivity contribution < 1.29 is 13.9 Å². The quantitative estimate of drug-likeness (QED) is 0.846. The Balaban J connectivity index is 2.18. The number of hydrogen-bond donors (Lipinski definition) is 1. The zero-order chi connectivity index (χ0) is 13.3. The van der Waals surface area contributed by atoms with E-state index in [-0.39, 0.29) is 12.0 Å². The molecular formula is C12H8BrClF2OS. The second-order valence-electron chi connectivity index (χ2n) is 3.73. The number of halogens is 4. The van der Waals surface area contributed by atoms with Gasteiger partial charge in [-0.05, 0) is 33.6 Å². The van der Waals surface area contributed by atoms with Gasteiger partial charge in [0.05, 0.1) is 6.10 Å². The van der Waals surface area contributed by atoms with Crippen molar-refractivity contribution in [1.82, 2.24) is 0 Å². The van der Waals surface area contributed by atoms with Crippen LogP contribution in [0.5, 0.6) is 0 Å². The van der Waals surface area contributed by atoms with Gasteiger partial charge in [-0.3, -0.25) is 0 Å². The second-order valence-corrected chi connectivity index (χ2v) is 6.27. The van der Waals surface area contributed by atoms with Gasteiger partial charge in [0.25, 0.3) is 0 Å². The van der Waals surface area contributed by atoms with Crippen molar-refractivity contribution in [3.8, 4) is 0 Å². The highest BCUT2D eigenvalue weighted by atomic mass is 79.9. The summed E-state index contributed by atoms with van der Waals surface area (Å²) in [7, 11) is 0. The van der Waals surface area contributed by atoms with Crippen LogP contribution in [0.25, 0.3) is 0 Å². The molecule has 0 aliphatic rings. The van der Waals surface area contributed by atoms with Gasteiger partial charge in [-0.25, -0.2) is 8.78 Å². The van der Waals surface area contributed by atoms with Crippen LogP contribution in [-0.4, -0.2) is 5.11 Å². The predicted molar refractivity (Wildman–Crippen MR) is 72.1 cm³/mol. The highest BCUT2D eigenvalue weighted by Crippen LogP contribution is 2.36. The first-order valence-corrected chi connectivity index (χ1v) is 7.03. The zero-order valence-electron chi connectivity index (χ0n) is 8.96. The Kier molecular flexibility index (Phi) is 4.37. The molecule has 2 aromatic rings. The number of aliphatic hydroxyl groups is 1. The molecule has 0 spiro atoms. The summed E-state index contributed by atoms with van der Waals surface area (Å²) < 4.78 is 27.4. The van der Waals surface area contributed by atoms with Crippen LogP contribution in [0.2, 0.25) is 4.34 Å². The van der Waals surface area contributed by atoms with Gasteiger partial charge in [-0.15, -0.1) is 11.3 Å². The van der Waals surface area contributed by atoms with E-state index in [4.69, 9.17) is 11.6 Å². The fraction of sp³-hybridized carbons (Fsp3) is 0.167. The number of rotatable bonds is 3. The maximum atomic E-state index is 13.4. The smallest absolute Gasteiger partial charge is 0.129 e. The minimum Gasteiger partial charge on any atom is -0.387 e. The Morgan fingerprint density at radius 2 is 2.06 bits per heavy atom. The monoisotopic (exact) mass is 352 g/mol. The standard InChI is InChI=1S/C12H8BrClF2OS/c13-8-5-11(18-12(8)14)10(17)3-6-1-2-7(15)4-9(6)16/h1-2,4-5,10,17H,3H2. The summed E-state index contributed by atoms with van der Waals surface area (Å²) in [6.45, 7) is 0. The van der Waals surface area contributed by atoms with Crippen molar-refractivity contribution in [1.29, 1.82) is 0 Å². The van der Waals surface area contributed by atoms with Gasteiger partial charge in [0.1, 0.15) is 16.0 Å². The van der Waals surface area contributed by atoms with Gasteiger partial charge in [0.15, 0.2) is 0 Å². The first-order valence-electron chi connectivity index (χ1n) is 5.04. The van der Waals surface area contributed by atoms with Gasteiger partial charge >= 0.3 is 0 Å². The summed E-state index contributed by atoms with van der Waals surface area (Å²) in [5.74, 6) is -1.29. The molecule has 0 bridgehead atoms.